The number of carbonyl (C=O) groups is 1. The van der Waals surface area contributed by atoms with Crippen LogP contribution in [-0.4, -0.2) is 53.0 Å². The standard InChI is InChI=1S/C21H27Cl2N5O/c1-13(2)20-24-14(3)12-18(25-20)28-10-8-27(9-11-28)15(4)21(29)26-19-16(22)6-5-7-17(19)23/h5-7,12-13,15H,8-11H2,1-4H3,(H,26,29)/t15-/m0/s1. The molecule has 2 aromatic rings. The van der Waals surface area contributed by atoms with E-state index in [1.165, 1.54) is 0 Å². The first-order valence-corrected chi connectivity index (χ1v) is 10.6. The number of anilines is 2. The average molecular weight is 436 g/mol. The third kappa shape index (κ3) is 5.18. The Labute approximate surface area is 182 Å². The Morgan fingerprint density at radius 1 is 1.07 bits per heavy atom. The molecule has 3 rings (SSSR count). The topological polar surface area (TPSA) is 61.4 Å². The maximum absolute atomic E-state index is 12.7. The Hall–Kier alpha value is -1.89. The number of aryl methyl sites for hydroxylation is 1. The van der Waals surface area contributed by atoms with Crippen molar-refractivity contribution >= 4 is 40.6 Å². The van der Waals surface area contributed by atoms with Crippen LogP contribution in [0.5, 0.6) is 0 Å². The smallest absolute Gasteiger partial charge is 0.241 e. The first-order chi connectivity index (χ1) is 13.8. The molecule has 1 fully saturated rings. The van der Waals surface area contributed by atoms with Crippen molar-refractivity contribution in [3.63, 3.8) is 0 Å². The fourth-order valence-electron chi connectivity index (χ4n) is 3.34. The van der Waals surface area contributed by atoms with Gasteiger partial charge in [0.25, 0.3) is 0 Å². The fraction of sp³-hybridized carbons (Fsp3) is 0.476. The van der Waals surface area contributed by atoms with E-state index in [1.807, 2.05) is 19.9 Å². The van der Waals surface area contributed by atoms with Gasteiger partial charge in [-0.2, -0.15) is 0 Å². The molecular weight excluding hydrogens is 409 g/mol. The highest BCUT2D eigenvalue weighted by molar-refractivity contribution is 6.39. The summed E-state index contributed by atoms with van der Waals surface area (Å²) < 4.78 is 0. The number of piperazine rings is 1. The monoisotopic (exact) mass is 435 g/mol. The highest BCUT2D eigenvalue weighted by atomic mass is 35.5. The zero-order valence-corrected chi connectivity index (χ0v) is 18.8. The predicted molar refractivity (Wildman–Crippen MR) is 119 cm³/mol. The highest BCUT2D eigenvalue weighted by Gasteiger charge is 2.27. The Bertz CT molecular complexity index is 861. The number of nitrogens with zero attached hydrogens (tertiary/aromatic N) is 4. The highest BCUT2D eigenvalue weighted by Crippen LogP contribution is 2.30. The van der Waals surface area contributed by atoms with Crippen LogP contribution in [0.2, 0.25) is 10.0 Å². The molecule has 0 saturated carbocycles. The van der Waals surface area contributed by atoms with Gasteiger partial charge in [-0.05, 0) is 26.0 Å². The van der Waals surface area contributed by atoms with Crippen LogP contribution in [0.3, 0.4) is 0 Å². The summed E-state index contributed by atoms with van der Waals surface area (Å²) in [4.78, 5) is 26.4. The Kier molecular flexibility index (Phi) is 6.98. The number of halogens is 2. The maximum atomic E-state index is 12.7. The number of hydrogen-bond acceptors (Lipinski definition) is 5. The molecule has 1 aliphatic heterocycles. The third-order valence-corrected chi connectivity index (χ3v) is 5.78. The van der Waals surface area contributed by atoms with E-state index in [9.17, 15) is 4.79 Å². The summed E-state index contributed by atoms with van der Waals surface area (Å²) in [6.45, 7) is 11.2. The van der Waals surface area contributed by atoms with E-state index in [0.29, 0.717) is 15.7 Å². The minimum Gasteiger partial charge on any atom is -0.354 e. The van der Waals surface area contributed by atoms with Crippen molar-refractivity contribution in [2.75, 3.05) is 36.4 Å². The van der Waals surface area contributed by atoms with Crippen LogP contribution in [0, 0.1) is 6.92 Å². The van der Waals surface area contributed by atoms with Crippen LogP contribution in [-0.2, 0) is 4.79 Å². The number of nitrogens with one attached hydrogen (secondary N) is 1. The Morgan fingerprint density at radius 2 is 1.69 bits per heavy atom. The van der Waals surface area contributed by atoms with Crippen LogP contribution in [0.15, 0.2) is 24.3 Å². The van der Waals surface area contributed by atoms with Crippen LogP contribution in [0.4, 0.5) is 11.5 Å². The molecule has 1 amide bonds. The molecule has 1 aromatic heterocycles. The molecule has 0 spiro atoms. The molecule has 29 heavy (non-hydrogen) atoms. The van der Waals surface area contributed by atoms with Gasteiger partial charge in [0.05, 0.1) is 21.8 Å². The molecule has 6 nitrogen and oxygen atoms in total. The summed E-state index contributed by atoms with van der Waals surface area (Å²) >= 11 is 12.3. The lowest BCUT2D eigenvalue weighted by atomic mass is 10.2. The number of benzene rings is 1. The molecule has 1 saturated heterocycles. The van der Waals surface area contributed by atoms with E-state index < -0.39 is 0 Å². The Balaban J connectivity index is 1.62. The summed E-state index contributed by atoms with van der Waals surface area (Å²) in [5.41, 5.74) is 1.44. The van der Waals surface area contributed by atoms with Crippen molar-refractivity contribution in [3.05, 3.63) is 45.8 Å². The normalized spacial score (nSPS) is 16.2. The Morgan fingerprint density at radius 3 is 2.28 bits per heavy atom. The van der Waals surface area contributed by atoms with Crippen molar-refractivity contribution in [2.24, 2.45) is 0 Å². The van der Waals surface area contributed by atoms with E-state index in [2.05, 4.69) is 33.9 Å². The van der Waals surface area contributed by atoms with Gasteiger partial charge < -0.3 is 10.2 Å². The van der Waals surface area contributed by atoms with Gasteiger partial charge in [-0.15, -0.1) is 0 Å². The maximum Gasteiger partial charge on any atom is 0.241 e. The summed E-state index contributed by atoms with van der Waals surface area (Å²) in [5.74, 6) is 2.00. The molecule has 1 aromatic carbocycles. The zero-order chi connectivity index (χ0) is 21.1. The largest absolute Gasteiger partial charge is 0.354 e. The minimum atomic E-state index is -0.289. The molecule has 0 bridgehead atoms. The van der Waals surface area contributed by atoms with E-state index in [0.717, 1.165) is 43.5 Å². The van der Waals surface area contributed by atoms with Crippen molar-refractivity contribution in [2.45, 2.75) is 39.7 Å². The fourth-order valence-corrected chi connectivity index (χ4v) is 3.84. The van der Waals surface area contributed by atoms with E-state index in [1.54, 1.807) is 18.2 Å². The molecular formula is C21H27Cl2N5O. The van der Waals surface area contributed by atoms with Crippen LogP contribution < -0.4 is 10.2 Å². The van der Waals surface area contributed by atoms with Gasteiger partial charge in [-0.25, -0.2) is 9.97 Å². The molecule has 0 unspecified atom stereocenters. The number of aromatic nitrogens is 2. The molecule has 0 aliphatic carbocycles. The summed E-state index contributed by atoms with van der Waals surface area (Å²) in [7, 11) is 0. The zero-order valence-electron chi connectivity index (χ0n) is 17.2. The van der Waals surface area contributed by atoms with Gasteiger partial charge in [0, 0.05) is 43.9 Å². The number of carbonyl (C=O) groups excluding carboxylic acids is 1. The lowest BCUT2D eigenvalue weighted by Gasteiger charge is -2.38. The SMILES string of the molecule is Cc1cc(N2CCN([C@@H](C)C(=O)Nc3c(Cl)cccc3Cl)CC2)nc(C(C)C)n1. The quantitative estimate of drug-likeness (QED) is 0.755. The van der Waals surface area contributed by atoms with Gasteiger partial charge in [-0.1, -0.05) is 43.1 Å². The number of para-hydroxylation sites is 1. The second-order valence-electron chi connectivity index (χ2n) is 7.67. The molecule has 2 heterocycles. The van der Waals surface area contributed by atoms with Crippen LogP contribution in [0.1, 0.15) is 38.2 Å². The van der Waals surface area contributed by atoms with Crippen LogP contribution in [0.25, 0.3) is 0 Å². The summed E-state index contributed by atoms with van der Waals surface area (Å²) in [6, 6.07) is 6.91. The van der Waals surface area contributed by atoms with Gasteiger partial charge >= 0.3 is 0 Å². The minimum absolute atomic E-state index is 0.117. The first kappa shape index (κ1) is 21.8. The van der Waals surface area contributed by atoms with Gasteiger partial charge in [0.1, 0.15) is 11.6 Å². The summed E-state index contributed by atoms with van der Waals surface area (Å²) in [5, 5.41) is 3.73. The molecule has 1 N–H and O–H groups in total. The van der Waals surface area contributed by atoms with E-state index in [4.69, 9.17) is 28.2 Å². The van der Waals surface area contributed by atoms with Gasteiger partial charge in [-0.3, -0.25) is 9.69 Å². The van der Waals surface area contributed by atoms with E-state index >= 15 is 0 Å². The lowest BCUT2D eigenvalue weighted by Crippen LogP contribution is -2.53. The number of hydrogen-bond donors (Lipinski definition) is 1. The van der Waals surface area contributed by atoms with Crippen molar-refractivity contribution in [1.82, 2.24) is 14.9 Å². The van der Waals surface area contributed by atoms with Crippen LogP contribution >= 0.6 is 23.2 Å². The molecule has 0 radical (unpaired) electrons. The first-order valence-electron chi connectivity index (χ1n) is 9.85. The van der Waals surface area contributed by atoms with Crippen molar-refractivity contribution in [3.8, 4) is 0 Å². The molecule has 1 atom stereocenters. The van der Waals surface area contributed by atoms with E-state index in [-0.39, 0.29) is 17.9 Å². The third-order valence-electron chi connectivity index (χ3n) is 5.15. The second-order valence-corrected chi connectivity index (χ2v) is 8.48. The lowest BCUT2D eigenvalue weighted by molar-refractivity contribution is -0.120. The summed E-state index contributed by atoms with van der Waals surface area (Å²) in [6.07, 6.45) is 0. The number of amides is 1. The predicted octanol–water partition coefficient (Wildman–Crippen LogP) is 4.36. The average Bonchev–Trinajstić information content (AvgIpc) is 2.69. The van der Waals surface area contributed by atoms with Gasteiger partial charge in [0.15, 0.2) is 0 Å². The molecule has 156 valence electrons. The van der Waals surface area contributed by atoms with Gasteiger partial charge in [0.2, 0.25) is 5.91 Å². The molecule has 8 heteroatoms. The van der Waals surface area contributed by atoms with Crippen molar-refractivity contribution < 1.29 is 4.79 Å². The number of rotatable bonds is 5. The molecule has 1 aliphatic rings. The second kappa shape index (κ2) is 9.28. The van der Waals surface area contributed by atoms with Crippen molar-refractivity contribution in [1.29, 1.82) is 0 Å².